The number of hydrogen-bond donors (Lipinski definition) is 4. The van der Waals surface area contributed by atoms with Crippen molar-refractivity contribution in [2.75, 3.05) is 10.6 Å². The van der Waals surface area contributed by atoms with Crippen molar-refractivity contribution in [3.63, 3.8) is 0 Å². The van der Waals surface area contributed by atoms with E-state index in [-0.39, 0.29) is 41.2 Å². The van der Waals surface area contributed by atoms with E-state index in [0.717, 1.165) is 12.3 Å². The average Bonchev–Trinajstić information content (AvgIpc) is 2.69. The van der Waals surface area contributed by atoms with Gasteiger partial charge in [0.05, 0.1) is 22.9 Å². The van der Waals surface area contributed by atoms with Crippen molar-refractivity contribution in [3.8, 4) is 6.07 Å². The lowest BCUT2D eigenvalue weighted by Gasteiger charge is -2.33. The second-order valence-corrected chi connectivity index (χ2v) is 8.03. The SMILES string of the molecule is Cc1cc(C(F)(F)F)c(CNc2ncc(C#N)c(NC3CCC(C)(O)CC3)n2)c[n+]1O. The zero-order valence-corrected chi connectivity index (χ0v) is 17.2. The fourth-order valence-corrected chi connectivity index (χ4v) is 3.50. The summed E-state index contributed by atoms with van der Waals surface area (Å²) in [6.07, 6.45) is 0.301. The molecule has 0 amide bonds. The van der Waals surface area contributed by atoms with Gasteiger partial charge in [0.15, 0.2) is 0 Å². The minimum Gasteiger partial charge on any atom is -0.390 e. The molecule has 0 unspecified atom stereocenters. The average molecular weight is 437 g/mol. The number of halogens is 3. The van der Waals surface area contributed by atoms with Crippen LogP contribution in [0.2, 0.25) is 0 Å². The van der Waals surface area contributed by atoms with E-state index in [9.17, 15) is 28.7 Å². The lowest BCUT2D eigenvalue weighted by molar-refractivity contribution is -0.909. The van der Waals surface area contributed by atoms with Crippen LogP contribution in [0, 0.1) is 18.3 Å². The number of anilines is 2. The van der Waals surface area contributed by atoms with E-state index >= 15 is 0 Å². The van der Waals surface area contributed by atoms with Crippen molar-refractivity contribution >= 4 is 11.8 Å². The Balaban J connectivity index is 1.77. The van der Waals surface area contributed by atoms with Gasteiger partial charge in [-0.1, -0.05) is 0 Å². The number of aryl methyl sites for hydroxylation is 1. The van der Waals surface area contributed by atoms with Gasteiger partial charge >= 0.3 is 6.18 Å². The van der Waals surface area contributed by atoms with Crippen LogP contribution in [0.25, 0.3) is 0 Å². The molecule has 0 aliphatic heterocycles. The molecule has 1 fully saturated rings. The summed E-state index contributed by atoms with van der Waals surface area (Å²) in [5.74, 6) is 0.325. The number of aliphatic hydroxyl groups is 1. The molecule has 0 radical (unpaired) electrons. The van der Waals surface area contributed by atoms with Gasteiger partial charge in [-0.15, -0.1) is 0 Å². The standard InChI is InChI=1S/C20H24F3N6O2/c1-12-7-16(20(21,22)23)14(11-29(12)31)10-26-18-25-9-13(8-24)17(28-18)27-15-3-5-19(2,30)6-4-15/h7,9,11,15,30-31H,3-6,10H2,1-2H3,(H2,25,26,27,28)/q+1. The third-order valence-corrected chi connectivity index (χ3v) is 5.39. The lowest BCUT2D eigenvalue weighted by atomic mass is 9.83. The minimum absolute atomic E-state index is 0.0114. The maximum absolute atomic E-state index is 13.4. The van der Waals surface area contributed by atoms with Gasteiger partial charge in [-0.05, 0) is 32.6 Å². The summed E-state index contributed by atoms with van der Waals surface area (Å²) in [7, 11) is 0. The third kappa shape index (κ3) is 5.52. The maximum Gasteiger partial charge on any atom is 0.417 e. The first-order valence-corrected chi connectivity index (χ1v) is 9.80. The van der Waals surface area contributed by atoms with E-state index in [0.29, 0.717) is 30.4 Å². The van der Waals surface area contributed by atoms with Crippen LogP contribution >= 0.6 is 0 Å². The number of nitriles is 1. The van der Waals surface area contributed by atoms with Crippen LogP contribution in [0.4, 0.5) is 24.9 Å². The fraction of sp³-hybridized carbons (Fsp3) is 0.500. The second-order valence-electron chi connectivity index (χ2n) is 8.03. The van der Waals surface area contributed by atoms with E-state index in [1.165, 1.54) is 13.1 Å². The number of alkyl halides is 3. The van der Waals surface area contributed by atoms with Crippen LogP contribution in [-0.4, -0.2) is 31.9 Å². The van der Waals surface area contributed by atoms with Gasteiger partial charge in [-0.3, -0.25) is 5.21 Å². The van der Waals surface area contributed by atoms with E-state index in [4.69, 9.17) is 0 Å². The maximum atomic E-state index is 13.4. The highest BCUT2D eigenvalue weighted by atomic mass is 19.4. The molecule has 3 rings (SSSR count). The summed E-state index contributed by atoms with van der Waals surface area (Å²) in [5.41, 5.74) is -1.50. The number of pyridine rings is 1. The lowest BCUT2D eigenvalue weighted by Crippen LogP contribution is -2.36. The Labute approximate surface area is 177 Å². The van der Waals surface area contributed by atoms with Gasteiger partial charge in [0.1, 0.15) is 17.5 Å². The Morgan fingerprint density at radius 2 is 2.03 bits per heavy atom. The van der Waals surface area contributed by atoms with Gasteiger partial charge in [0.2, 0.25) is 17.8 Å². The largest absolute Gasteiger partial charge is 0.417 e. The van der Waals surface area contributed by atoms with E-state index < -0.39 is 17.3 Å². The molecular formula is C20H24F3N6O2+. The number of aromatic nitrogens is 3. The molecule has 31 heavy (non-hydrogen) atoms. The molecule has 0 bridgehead atoms. The van der Waals surface area contributed by atoms with E-state index in [2.05, 4.69) is 20.6 Å². The smallest absolute Gasteiger partial charge is 0.390 e. The van der Waals surface area contributed by atoms with Crippen LogP contribution in [-0.2, 0) is 12.7 Å². The predicted octanol–water partition coefficient (Wildman–Crippen LogP) is 2.92. The molecule has 4 N–H and O–H groups in total. The first-order valence-electron chi connectivity index (χ1n) is 9.80. The number of hydrogen-bond acceptors (Lipinski definition) is 7. The summed E-state index contributed by atoms with van der Waals surface area (Å²) in [5, 5.41) is 35.1. The quantitative estimate of drug-likeness (QED) is 0.420. The van der Waals surface area contributed by atoms with Crippen molar-refractivity contribution in [1.82, 2.24) is 9.97 Å². The highest BCUT2D eigenvalue weighted by Crippen LogP contribution is 2.32. The van der Waals surface area contributed by atoms with Crippen molar-refractivity contribution in [2.24, 2.45) is 0 Å². The molecule has 1 saturated carbocycles. The van der Waals surface area contributed by atoms with Crippen molar-refractivity contribution < 1.29 is 28.2 Å². The van der Waals surface area contributed by atoms with Crippen molar-refractivity contribution in [3.05, 3.63) is 40.8 Å². The highest BCUT2D eigenvalue weighted by Gasteiger charge is 2.36. The van der Waals surface area contributed by atoms with Crippen molar-refractivity contribution in [2.45, 2.75) is 63.9 Å². The molecular weight excluding hydrogens is 413 g/mol. The highest BCUT2D eigenvalue weighted by molar-refractivity contribution is 5.54. The summed E-state index contributed by atoms with van der Waals surface area (Å²) in [6, 6.07) is 2.87. The summed E-state index contributed by atoms with van der Waals surface area (Å²) < 4.78 is 40.7. The molecule has 166 valence electrons. The second kappa shape index (κ2) is 8.55. The van der Waals surface area contributed by atoms with Gasteiger partial charge in [0.25, 0.3) is 0 Å². The number of nitrogens with zero attached hydrogens (tertiary/aromatic N) is 4. The third-order valence-electron chi connectivity index (χ3n) is 5.39. The summed E-state index contributed by atoms with van der Waals surface area (Å²) in [4.78, 5) is 8.25. The zero-order valence-electron chi connectivity index (χ0n) is 17.2. The minimum atomic E-state index is -4.59. The van der Waals surface area contributed by atoms with Crippen LogP contribution in [0.3, 0.4) is 0 Å². The molecule has 0 saturated heterocycles. The molecule has 1 aliphatic carbocycles. The number of rotatable bonds is 5. The van der Waals surface area contributed by atoms with Gasteiger partial charge in [-0.25, -0.2) is 4.98 Å². The Kier molecular flexibility index (Phi) is 6.22. The monoisotopic (exact) mass is 437 g/mol. The predicted molar refractivity (Wildman–Crippen MR) is 104 cm³/mol. The Morgan fingerprint density at radius 3 is 2.65 bits per heavy atom. The van der Waals surface area contributed by atoms with Crippen LogP contribution in [0.15, 0.2) is 18.5 Å². The molecule has 0 atom stereocenters. The molecule has 1 aliphatic rings. The van der Waals surface area contributed by atoms with Gasteiger partial charge in [0, 0.05) is 30.3 Å². The normalized spacial score (nSPS) is 21.4. The van der Waals surface area contributed by atoms with Crippen molar-refractivity contribution in [1.29, 1.82) is 5.26 Å². The summed E-state index contributed by atoms with van der Waals surface area (Å²) >= 11 is 0. The van der Waals surface area contributed by atoms with E-state index in [1.807, 2.05) is 6.07 Å². The zero-order chi connectivity index (χ0) is 22.8. The number of nitrogens with one attached hydrogen (secondary N) is 2. The molecule has 2 heterocycles. The van der Waals surface area contributed by atoms with E-state index in [1.54, 1.807) is 6.92 Å². The Bertz CT molecular complexity index is 994. The van der Waals surface area contributed by atoms with Crippen LogP contribution in [0.1, 0.15) is 55.0 Å². The molecule has 11 heteroatoms. The Hall–Kier alpha value is -3.13. The van der Waals surface area contributed by atoms with Crippen LogP contribution < -0.4 is 15.4 Å². The molecule has 8 nitrogen and oxygen atoms in total. The molecule has 0 aromatic carbocycles. The fourth-order valence-electron chi connectivity index (χ4n) is 3.50. The Morgan fingerprint density at radius 1 is 1.35 bits per heavy atom. The molecule has 0 spiro atoms. The first-order chi connectivity index (χ1) is 14.5. The topological polar surface area (TPSA) is 118 Å². The van der Waals surface area contributed by atoms with Gasteiger partial charge < -0.3 is 15.7 Å². The molecule has 2 aromatic rings. The van der Waals surface area contributed by atoms with Gasteiger partial charge in [-0.2, -0.15) is 23.4 Å². The molecule has 2 aromatic heterocycles. The first kappa shape index (κ1) is 22.6. The van der Waals surface area contributed by atoms with Crippen LogP contribution in [0.5, 0.6) is 0 Å². The summed E-state index contributed by atoms with van der Waals surface area (Å²) in [6.45, 7) is 2.86.